The summed E-state index contributed by atoms with van der Waals surface area (Å²) in [6.07, 6.45) is 0. The van der Waals surface area contributed by atoms with Crippen LogP contribution in [0.1, 0.15) is 28.4 Å². The average molecular weight is 536 g/mol. The Hall–Kier alpha value is -3.46. The maximum Gasteiger partial charge on any atom is 0.255 e. The minimum atomic E-state index is -0.116. The second kappa shape index (κ2) is 14.5. The summed E-state index contributed by atoms with van der Waals surface area (Å²) in [6, 6.07) is 24.1. The smallest absolute Gasteiger partial charge is 0.255 e. The molecule has 1 aliphatic heterocycles. The number of aryl methyl sites for hydroxylation is 2. The Morgan fingerprint density at radius 3 is 2.53 bits per heavy atom. The van der Waals surface area contributed by atoms with Gasteiger partial charge in [-0.15, -0.1) is 0 Å². The van der Waals surface area contributed by atoms with Crippen LogP contribution in [0.2, 0.25) is 0 Å². The third-order valence-electron chi connectivity index (χ3n) is 5.84. The number of anilines is 2. The van der Waals surface area contributed by atoms with Crippen LogP contribution < -0.4 is 9.62 Å². The van der Waals surface area contributed by atoms with E-state index in [1.54, 1.807) is 18.9 Å². The normalized spacial score (nSPS) is 12.6. The van der Waals surface area contributed by atoms with Crippen molar-refractivity contribution in [2.45, 2.75) is 20.8 Å². The molecule has 2 N–H and O–H groups in total. The van der Waals surface area contributed by atoms with E-state index in [4.69, 9.17) is 14.8 Å². The van der Waals surface area contributed by atoms with Gasteiger partial charge in [0, 0.05) is 34.5 Å². The maximum absolute atomic E-state index is 13.1. The van der Waals surface area contributed by atoms with Gasteiger partial charge in [0.25, 0.3) is 5.91 Å². The molecule has 0 spiro atoms. The minimum Gasteiger partial charge on any atom is -0.397 e. The number of benzene rings is 3. The molecule has 6 nitrogen and oxygen atoms in total. The number of hydrogen-bond acceptors (Lipinski definition) is 6. The maximum atomic E-state index is 13.1. The zero-order chi connectivity index (χ0) is 27.5. The Morgan fingerprint density at radius 2 is 1.82 bits per heavy atom. The molecule has 8 heteroatoms. The van der Waals surface area contributed by atoms with E-state index in [0.29, 0.717) is 18.7 Å². The summed E-state index contributed by atoms with van der Waals surface area (Å²) in [5.74, 6) is 0.540. The lowest BCUT2D eigenvalue weighted by molar-refractivity contribution is 0.102. The Labute approximate surface area is 228 Å². The molecule has 0 unspecified atom stereocenters. The molecule has 200 valence electrons. The summed E-state index contributed by atoms with van der Waals surface area (Å²) < 4.78 is 17.1. The highest BCUT2D eigenvalue weighted by Crippen LogP contribution is 2.29. The average Bonchev–Trinajstić information content (AvgIpc) is 2.95. The van der Waals surface area contributed by atoms with Gasteiger partial charge in [0.2, 0.25) is 0 Å². The number of nitrogens with zero attached hydrogens (tertiary/aromatic N) is 2. The van der Waals surface area contributed by atoms with Gasteiger partial charge >= 0.3 is 0 Å². The van der Waals surface area contributed by atoms with Crippen molar-refractivity contribution < 1.29 is 19.0 Å². The number of rotatable bonds is 4. The number of hydrogen-bond donors (Lipinski definition) is 2. The van der Waals surface area contributed by atoms with Gasteiger partial charge in [-0.25, -0.2) is 4.98 Å². The highest BCUT2D eigenvalue weighted by molar-refractivity contribution is 8.00. The number of aliphatic hydroxyl groups is 1. The number of carbonyl (C=O) groups excluding carboxylic acids is 1. The molecular weight excluding hydrogens is 501 g/mol. The first kappa shape index (κ1) is 29.1. The van der Waals surface area contributed by atoms with Gasteiger partial charge in [-0.1, -0.05) is 30.3 Å². The molecule has 2 heterocycles. The quantitative estimate of drug-likeness (QED) is 0.280. The van der Waals surface area contributed by atoms with Crippen molar-refractivity contribution in [2.75, 3.05) is 42.5 Å². The number of amides is 1. The first-order valence-electron chi connectivity index (χ1n) is 12.4. The van der Waals surface area contributed by atoms with E-state index in [-0.39, 0.29) is 12.5 Å². The second-order valence-corrected chi connectivity index (χ2v) is 9.38. The number of pyridine rings is 1. The summed E-state index contributed by atoms with van der Waals surface area (Å²) in [6.45, 7) is 7.52. The van der Waals surface area contributed by atoms with Crippen molar-refractivity contribution in [2.24, 2.45) is 0 Å². The van der Waals surface area contributed by atoms with Crippen molar-refractivity contribution in [3.8, 4) is 11.3 Å². The minimum absolute atomic E-state index is 0.116. The number of aromatic nitrogens is 1. The fourth-order valence-corrected chi connectivity index (χ4v) is 4.81. The van der Waals surface area contributed by atoms with Crippen LogP contribution in [-0.4, -0.2) is 48.9 Å². The number of alkyl halides is 1. The van der Waals surface area contributed by atoms with Crippen LogP contribution in [0.4, 0.5) is 15.8 Å². The first-order valence-corrected chi connectivity index (χ1v) is 13.3. The molecule has 0 aliphatic carbocycles. The van der Waals surface area contributed by atoms with Crippen LogP contribution in [0.3, 0.4) is 0 Å². The molecule has 1 saturated heterocycles. The van der Waals surface area contributed by atoms with E-state index in [9.17, 15) is 9.18 Å². The fourth-order valence-electron chi connectivity index (χ4n) is 4.02. The Bertz CT molecular complexity index is 1360. The van der Waals surface area contributed by atoms with Crippen molar-refractivity contribution in [1.29, 1.82) is 0 Å². The standard InChI is InChI=1S/C27H25N3O2S.C2H6O.CH3F/c1-18-7-9-21(16-24(18)26-12-8-20-5-3-4-6-25(20)29-26)28-27(31)23-11-10-22(15-19(23)2)30-13-14-32-17-33-30;1-2-3;1-2/h3-12,15-16H,13-14,17H2,1-2H3,(H,28,31);3H,2H2,1H3;1H3. The van der Waals surface area contributed by atoms with Gasteiger partial charge in [-0.3, -0.25) is 9.18 Å². The zero-order valence-electron chi connectivity index (χ0n) is 22.2. The molecule has 38 heavy (non-hydrogen) atoms. The third-order valence-corrected chi connectivity index (χ3v) is 6.82. The zero-order valence-corrected chi connectivity index (χ0v) is 23.0. The molecule has 1 aliphatic rings. The van der Waals surface area contributed by atoms with Crippen LogP contribution in [0.5, 0.6) is 0 Å². The lowest BCUT2D eigenvalue weighted by Crippen LogP contribution is -2.26. The van der Waals surface area contributed by atoms with E-state index in [1.165, 1.54) is 0 Å². The van der Waals surface area contributed by atoms with E-state index in [0.717, 1.165) is 57.8 Å². The van der Waals surface area contributed by atoms with Gasteiger partial charge < -0.3 is 19.5 Å². The molecular formula is C30H34FN3O3S. The largest absolute Gasteiger partial charge is 0.397 e. The van der Waals surface area contributed by atoms with Crippen LogP contribution >= 0.6 is 11.9 Å². The first-order chi connectivity index (χ1) is 18.5. The molecule has 3 aromatic carbocycles. The molecule has 0 bridgehead atoms. The SMILES string of the molecule is CCO.CF.Cc1cc(N2CCOCS2)ccc1C(=O)Nc1ccc(C)c(-c2ccc3ccccc3n2)c1. The van der Waals surface area contributed by atoms with Crippen molar-refractivity contribution in [3.63, 3.8) is 0 Å². The summed E-state index contributed by atoms with van der Waals surface area (Å²) in [4.78, 5) is 17.9. The van der Waals surface area contributed by atoms with Gasteiger partial charge in [0.15, 0.2) is 0 Å². The summed E-state index contributed by atoms with van der Waals surface area (Å²) in [5, 5.41) is 11.7. The summed E-state index contributed by atoms with van der Waals surface area (Å²) >= 11 is 1.65. The van der Waals surface area contributed by atoms with Gasteiger partial charge in [0.1, 0.15) is 5.94 Å². The fraction of sp³-hybridized carbons (Fsp3) is 0.267. The summed E-state index contributed by atoms with van der Waals surface area (Å²) in [7, 11) is 0.500. The molecule has 5 rings (SSSR count). The number of ether oxygens (including phenoxy) is 1. The topological polar surface area (TPSA) is 74.7 Å². The predicted octanol–water partition coefficient (Wildman–Crippen LogP) is 6.80. The number of para-hydroxylation sites is 1. The molecule has 4 aromatic rings. The van der Waals surface area contributed by atoms with Gasteiger partial charge in [-0.05, 0) is 86.3 Å². The van der Waals surface area contributed by atoms with E-state index >= 15 is 0 Å². The van der Waals surface area contributed by atoms with Crippen molar-refractivity contribution in [1.82, 2.24) is 4.98 Å². The highest BCUT2D eigenvalue weighted by Gasteiger charge is 2.16. The van der Waals surface area contributed by atoms with E-state index in [1.807, 2.05) is 61.5 Å². The van der Waals surface area contributed by atoms with Crippen LogP contribution in [0.15, 0.2) is 72.8 Å². The Morgan fingerprint density at radius 1 is 1.05 bits per heavy atom. The number of carbonyl (C=O) groups is 1. The Balaban J connectivity index is 0.000000748. The molecule has 0 radical (unpaired) electrons. The van der Waals surface area contributed by atoms with Crippen LogP contribution in [-0.2, 0) is 4.74 Å². The molecule has 1 amide bonds. The van der Waals surface area contributed by atoms with E-state index in [2.05, 4.69) is 34.7 Å². The summed E-state index contributed by atoms with van der Waals surface area (Å²) in [5.41, 5.74) is 7.43. The Kier molecular flexibility index (Phi) is 11.1. The molecule has 1 fully saturated rings. The molecule has 0 saturated carbocycles. The van der Waals surface area contributed by atoms with E-state index < -0.39 is 0 Å². The van der Waals surface area contributed by atoms with Crippen LogP contribution in [0, 0.1) is 13.8 Å². The van der Waals surface area contributed by atoms with Crippen molar-refractivity contribution >= 4 is 40.1 Å². The predicted molar refractivity (Wildman–Crippen MR) is 157 cm³/mol. The number of nitrogens with one attached hydrogen (secondary N) is 1. The van der Waals surface area contributed by atoms with Crippen molar-refractivity contribution in [3.05, 3.63) is 89.5 Å². The molecule has 1 aromatic heterocycles. The molecule has 0 atom stereocenters. The highest BCUT2D eigenvalue weighted by atomic mass is 32.2. The van der Waals surface area contributed by atoms with Gasteiger partial charge in [0.05, 0.1) is 31.5 Å². The second-order valence-electron chi connectivity index (χ2n) is 8.45. The lowest BCUT2D eigenvalue weighted by Gasteiger charge is -2.27. The number of fused-ring (bicyclic) bond motifs is 1. The third kappa shape index (κ3) is 7.31. The van der Waals surface area contributed by atoms with Crippen LogP contribution in [0.25, 0.3) is 22.2 Å². The lowest BCUT2D eigenvalue weighted by atomic mass is 10.0. The number of aliphatic hydroxyl groups excluding tert-OH is 1. The monoisotopic (exact) mass is 535 g/mol. The van der Waals surface area contributed by atoms with Gasteiger partial charge in [-0.2, -0.15) is 0 Å². The number of halogens is 1.